The van der Waals surface area contributed by atoms with Crippen molar-refractivity contribution in [3.63, 3.8) is 0 Å². The maximum absolute atomic E-state index is 11.3. The molecular weight excluding hydrogens is 220 g/mol. The summed E-state index contributed by atoms with van der Waals surface area (Å²) < 4.78 is 4.50. The van der Waals surface area contributed by atoms with Crippen molar-refractivity contribution in [2.75, 3.05) is 7.11 Å². The summed E-state index contributed by atoms with van der Waals surface area (Å²) in [7, 11) is 1.23. The van der Waals surface area contributed by atoms with Gasteiger partial charge in [-0.2, -0.15) is 0 Å². The quantitative estimate of drug-likeness (QED) is 0.774. The molecule has 17 heavy (non-hydrogen) atoms. The molecule has 0 bridgehead atoms. The van der Waals surface area contributed by atoms with Crippen LogP contribution in [0, 0.1) is 0 Å². The van der Waals surface area contributed by atoms with Gasteiger partial charge in [-0.25, -0.2) is 4.79 Å². The molecule has 94 valence electrons. The summed E-state index contributed by atoms with van der Waals surface area (Å²) in [4.78, 5) is 11.3. The van der Waals surface area contributed by atoms with Gasteiger partial charge in [0.2, 0.25) is 0 Å². The minimum atomic E-state index is -1.31. The normalized spacial score (nSPS) is 13.2. The molecule has 0 saturated carbocycles. The first-order valence-electron chi connectivity index (χ1n) is 5.41. The molecule has 0 fully saturated rings. The topological polar surface area (TPSA) is 66.8 Å². The van der Waals surface area contributed by atoms with Crippen LogP contribution in [0.1, 0.15) is 31.1 Å². The Morgan fingerprint density at radius 2 is 2.00 bits per heavy atom. The molecule has 0 saturated heterocycles. The fourth-order valence-electron chi connectivity index (χ4n) is 1.67. The number of benzene rings is 1. The lowest BCUT2D eigenvalue weighted by Gasteiger charge is -2.20. The minimum absolute atomic E-state index is 0.358. The van der Waals surface area contributed by atoms with E-state index in [1.54, 1.807) is 38.1 Å². The number of methoxy groups -OCH3 is 1. The van der Waals surface area contributed by atoms with Gasteiger partial charge in [-0.3, -0.25) is 0 Å². The summed E-state index contributed by atoms with van der Waals surface area (Å²) in [5.41, 5.74) is 0.311. The van der Waals surface area contributed by atoms with E-state index in [0.29, 0.717) is 12.0 Å². The highest BCUT2D eigenvalue weighted by Gasteiger charge is 2.23. The molecule has 0 aliphatic heterocycles. The molecular formula is C13H18O4. The largest absolute Gasteiger partial charge is 0.467 e. The van der Waals surface area contributed by atoms with Gasteiger partial charge in [0.25, 0.3) is 0 Å². The van der Waals surface area contributed by atoms with E-state index in [1.165, 1.54) is 7.11 Å². The summed E-state index contributed by atoms with van der Waals surface area (Å²) in [6, 6.07) is 6.96. The van der Waals surface area contributed by atoms with Crippen molar-refractivity contribution < 1.29 is 19.7 Å². The molecule has 0 aliphatic rings. The number of aliphatic hydroxyl groups excluding tert-OH is 1. The van der Waals surface area contributed by atoms with Crippen LogP contribution in [0.2, 0.25) is 0 Å². The Morgan fingerprint density at radius 3 is 2.53 bits per heavy atom. The molecule has 4 heteroatoms. The average Bonchev–Trinajstić information content (AvgIpc) is 2.25. The Hall–Kier alpha value is -1.39. The summed E-state index contributed by atoms with van der Waals surface area (Å²) in [5.74, 6) is -0.701. The SMILES string of the molecule is COC(=O)C(O)c1ccccc1CC(C)(C)O. The minimum Gasteiger partial charge on any atom is -0.467 e. The molecule has 0 heterocycles. The monoisotopic (exact) mass is 238 g/mol. The fourth-order valence-corrected chi connectivity index (χ4v) is 1.67. The van der Waals surface area contributed by atoms with E-state index >= 15 is 0 Å². The Labute approximate surface area is 101 Å². The van der Waals surface area contributed by atoms with Gasteiger partial charge in [0.1, 0.15) is 0 Å². The Morgan fingerprint density at radius 1 is 1.41 bits per heavy atom. The average molecular weight is 238 g/mol. The molecule has 1 unspecified atom stereocenters. The van der Waals surface area contributed by atoms with Crippen LogP contribution in [0.4, 0.5) is 0 Å². The van der Waals surface area contributed by atoms with Crippen LogP contribution < -0.4 is 0 Å². The Balaban J connectivity index is 3.03. The van der Waals surface area contributed by atoms with Gasteiger partial charge in [-0.05, 0) is 25.0 Å². The zero-order valence-electron chi connectivity index (χ0n) is 10.3. The summed E-state index contributed by atoms with van der Waals surface area (Å²) in [6.45, 7) is 3.35. The van der Waals surface area contributed by atoms with Crippen LogP contribution in [0.15, 0.2) is 24.3 Å². The number of carbonyl (C=O) groups excluding carboxylic acids is 1. The first-order valence-corrected chi connectivity index (χ1v) is 5.41. The Bertz CT molecular complexity index is 393. The third-order valence-corrected chi connectivity index (χ3v) is 2.40. The van der Waals surface area contributed by atoms with Crippen LogP contribution in [-0.2, 0) is 16.0 Å². The standard InChI is InChI=1S/C13H18O4/c1-13(2,16)8-9-6-4-5-7-10(9)11(14)12(15)17-3/h4-7,11,14,16H,8H2,1-3H3. The summed E-state index contributed by atoms with van der Waals surface area (Å²) in [6.07, 6.45) is -0.949. The van der Waals surface area contributed by atoms with Crippen LogP contribution in [0.5, 0.6) is 0 Å². The second-order valence-corrected chi connectivity index (χ2v) is 4.61. The molecule has 1 aromatic carbocycles. The highest BCUT2D eigenvalue weighted by Crippen LogP contribution is 2.23. The van der Waals surface area contributed by atoms with Gasteiger partial charge in [0.15, 0.2) is 6.10 Å². The molecule has 4 nitrogen and oxygen atoms in total. The third-order valence-electron chi connectivity index (χ3n) is 2.40. The molecule has 1 rings (SSSR count). The second-order valence-electron chi connectivity index (χ2n) is 4.61. The van der Waals surface area contributed by atoms with E-state index in [4.69, 9.17) is 0 Å². The zero-order valence-corrected chi connectivity index (χ0v) is 10.3. The first-order chi connectivity index (χ1) is 7.85. The number of hydrogen-bond donors (Lipinski definition) is 2. The van der Waals surface area contributed by atoms with Gasteiger partial charge in [-0.1, -0.05) is 24.3 Å². The highest BCUT2D eigenvalue weighted by molar-refractivity contribution is 5.76. The molecule has 2 N–H and O–H groups in total. The molecule has 0 spiro atoms. The molecule has 1 aromatic rings. The van der Waals surface area contributed by atoms with E-state index in [1.807, 2.05) is 0 Å². The first kappa shape index (κ1) is 13.7. The van der Waals surface area contributed by atoms with Crippen molar-refractivity contribution in [1.82, 2.24) is 0 Å². The van der Waals surface area contributed by atoms with Gasteiger partial charge in [-0.15, -0.1) is 0 Å². The van der Waals surface area contributed by atoms with Gasteiger partial charge in [0, 0.05) is 6.42 Å². The predicted molar refractivity (Wildman–Crippen MR) is 63.4 cm³/mol. The lowest BCUT2D eigenvalue weighted by atomic mass is 9.92. The number of esters is 1. The molecule has 0 amide bonds. The van der Waals surface area contributed by atoms with E-state index in [-0.39, 0.29) is 0 Å². The maximum Gasteiger partial charge on any atom is 0.339 e. The lowest BCUT2D eigenvalue weighted by Crippen LogP contribution is -2.24. The lowest BCUT2D eigenvalue weighted by molar-refractivity contribution is -0.150. The van der Waals surface area contributed by atoms with Crippen molar-refractivity contribution in [3.05, 3.63) is 35.4 Å². The number of aliphatic hydroxyl groups is 2. The molecule has 0 aromatic heterocycles. The zero-order chi connectivity index (χ0) is 13.1. The molecule has 0 aliphatic carbocycles. The number of hydrogen-bond acceptors (Lipinski definition) is 4. The van der Waals surface area contributed by atoms with Crippen molar-refractivity contribution in [2.24, 2.45) is 0 Å². The molecule has 0 radical (unpaired) electrons. The van der Waals surface area contributed by atoms with Gasteiger partial charge < -0.3 is 14.9 Å². The highest BCUT2D eigenvalue weighted by atomic mass is 16.5. The van der Waals surface area contributed by atoms with E-state index in [9.17, 15) is 15.0 Å². The van der Waals surface area contributed by atoms with Crippen LogP contribution in [0.25, 0.3) is 0 Å². The fraction of sp³-hybridized carbons (Fsp3) is 0.462. The molecule has 1 atom stereocenters. The maximum atomic E-state index is 11.3. The van der Waals surface area contributed by atoms with Crippen LogP contribution in [0.3, 0.4) is 0 Å². The smallest absolute Gasteiger partial charge is 0.339 e. The summed E-state index contributed by atoms with van der Waals surface area (Å²) in [5, 5.41) is 19.6. The van der Waals surface area contributed by atoms with Crippen molar-refractivity contribution in [1.29, 1.82) is 0 Å². The van der Waals surface area contributed by atoms with E-state index in [0.717, 1.165) is 5.56 Å². The van der Waals surface area contributed by atoms with Crippen molar-refractivity contribution in [3.8, 4) is 0 Å². The van der Waals surface area contributed by atoms with E-state index < -0.39 is 17.7 Å². The van der Waals surface area contributed by atoms with Crippen LogP contribution >= 0.6 is 0 Å². The van der Waals surface area contributed by atoms with Gasteiger partial charge in [0.05, 0.1) is 12.7 Å². The van der Waals surface area contributed by atoms with Gasteiger partial charge >= 0.3 is 5.97 Å². The van der Waals surface area contributed by atoms with Crippen LogP contribution in [-0.4, -0.2) is 28.9 Å². The van der Waals surface area contributed by atoms with E-state index in [2.05, 4.69) is 4.74 Å². The number of ether oxygens (including phenoxy) is 1. The third kappa shape index (κ3) is 3.84. The van der Waals surface area contributed by atoms with Crippen molar-refractivity contribution >= 4 is 5.97 Å². The Kier molecular flexibility index (Phi) is 4.26. The second kappa shape index (κ2) is 5.29. The number of rotatable bonds is 4. The van der Waals surface area contributed by atoms with Crippen molar-refractivity contribution in [2.45, 2.75) is 32.0 Å². The predicted octanol–water partition coefficient (Wildman–Crippen LogP) is 1.21. The summed E-state index contributed by atoms with van der Waals surface area (Å²) >= 11 is 0. The number of carbonyl (C=O) groups is 1.